The van der Waals surface area contributed by atoms with E-state index >= 15 is 0 Å². The molecule has 0 aromatic carbocycles. The molecular formula is C12H24N2. The minimum Gasteiger partial charge on any atom is -0.308 e. The first-order valence-corrected chi connectivity index (χ1v) is 6.18. The summed E-state index contributed by atoms with van der Waals surface area (Å²) in [5.74, 6) is 0. The fraction of sp³-hybridized carbons (Fsp3) is 1.00. The summed E-state index contributed by atoms with van der Waals surface area (Å²) in [6.07, 6.45) is 8.24. The summed E-state index contributed by atoms with van der Waals surface area (Å²) in [5, 5.41) is 7.56. The Labute approximate surface area is 87.8 Å². The monoisotopic (exact) mass is 196 g/mol. The molecule has 1 spiro atoms. The normalized spacial score (nSPS) is 37.3. The first kappa shape index (κ1) is 10.4. The minimum absolute atomic E-state index is 0.336. The lowest BCUT2D eigenvalue weighted by atomic mass is 9.78. The van der Waals surface area contributed by atoms with E-state index in [4.69, 9.17) is 0 Å². The summed E-state index contributed by atoms with van der Waals surface area (Å²) in [7, 11) is 0. The number of hydrogen-bond acceptors (Lipinski definition) is 2. The van der Waals surface area contributed by atoms with Crippen LogP contribution in [0.1, 0.15) is 52.4 Å². The maximum Gasteiger partial charge on any atom is 0.0307 e. The van der Waals surface area contributed by atoms with E-state index in [-0.39, 0.29) is 0 Å². The summed E-state index contributed by atoms with van der Waals surface area (Å²) in [6, 6.07) is 0. The molecular weight excluding hydrogens is 172 g/mol. The molecule has 1 unspecified atom stereocenters. The van der Waals surface area contributed by atoms with E-state index in [1.54, 1.807) is 0 Å². The lowest BCUT2D eigenvalue weighted by molar-refractivity contribution is 0.134. The van der Waals surface area contributed by atoms with Gasteiger partial charge < -0.3 is 10.6 Å². The van der Waals surface area contributed by atoms with Crippen molar-refractivity contribution in [3.05, 3.63) is 0 Å². The highest BCUT2D eigenvalue weighted by Gasteiger charge is 2.39. The van der Waals surface area contributed by atoms with Crippen molar-refractivity contribution >= 4 is 0 Å². The van der Waals surface area contributed by atoms with Crippen LogP contribution in [0.25, 0.3) is 0 Å². The molecule has 2 aliphatic rings. The first-order chi connectivity index (χ1) is 6.68. The van der Waals surface area contributed by atoms with Gasteiger partial charge in [-0.3, -0.25) is 0 Å². The average molecular weight is 196 g/mol. The molecule has 0 aromatic heterocycles. The fourth-order valence-corrected chi connectivity index (χ4v) is 2.72. The van der Waals surface area contributed by atoms with Crippen LogP contribution in [-0.2, 0) is 0 Å². The van der Waals surface area contributed by atoms with Crippen LogP contribution in [0, 0.1) is 0 Å². The van der Waals surface area contributed by atoms with E-state index in [1.807, 2.05) is 0 Å². The van der Waals surface area contributed by atoms with Gasteiger partial charge in [0.15, 0.2) is 0 Å². The predicted octanol–water partition coefficient (Wildman–Crippen LogP) is 2.05. The van der Waals surface area contributed by atoms with Crippen LogP contribution in [-0.4, -0.2) is 24.2 Å². The molecule has 1 saturated carbocycles. The van der Waals surface area contributed by atoms with Crippen LogP contribution in [0.3, 0.4) is 0 Å². The number of nitrogens with one attached hydrogen (secondary N) is 2. The van der Waals surface area contributed by atoms with E-state index in [0.717, 1.165) is 6.54 Å². The smallest absolute Gasteiger partial charge is 0.0307 e. The van der Waals surface area contributed by atoms with E-state index < -0.39 is 0 Å². The Bertz CT molecular complexity index is 184. The zero-order valence-electron chi connectivity index (χ0n) is 9.66. The molecule has 2 fully saturated rings. The van der Waals surface area contributed by atoms with Gasteiger partial charge in [0.05, 0.1) is 0 Å². The van der Waals surface area contributed by atoms with Crippen LogP contribution in [0.4, 0.5) is 0 Å². The predicted molar refractivity (Wildman–Crippen MR) is 60.5 cm³/mol. The summed E-state index contributed by atoms with van der Waals surface area (Å²) in [5.41, 5.74) is 0.787. The summed E-state index contributed by atoms with van der Waals surface area (Å²) < 4.78 is 0. The molecule has 1 saturated heterocycles. The van der Waals surface area contributed by atoms with Crippen molar-refractivity contribution in [3.63, 3.8) is 0 Å². The Morgan fingerprint density at radius 1 is 1.00 bits per heavy atom. The lowest BCUT2D eigenvalue weighted by Crippen LogP contribution is -2.68. The average Bonchev–Trinajstić information content (AvgIpc) is 2.25. The minimum atomic E-state index is 0.336. The summed E-state index contributed by atoms with van der Waals surface area (Å²) >= 11 is 0. The Hall–Kier alpha value is -0.0800. The van der Waals surface area contributed by atoms with Crippen molar-refractivity contribution in [1.82, 2.24) is 10.6 Å². The van der Waals surface area contributed by atoms with Crippen LogP contribution >= 0.6 is 0 Å². The van der Waals surface area contributed by atoms with Crippen molar-refractivity contribution in [3.8, 4) is 0 Å². The third-order valence-corrected chi connectivity index (χ3v) is 4.30. The van der Waals surface area contributed by atoms with Crippen molar-refractivity contribution in [2.45, 2.75) is 63.5 Å². The Morgan fingerprint density at radius 3 is 2.21 bits per heavy atom. The van der Waals surface area contributed by atoms with Gasteiger partial charge in [0, 0.05) is 24.2 Å². The SMILES string of the molecule is CCC1(C)CNC2(CCCCC2)CN1. The number of piperazine rings is 1. The van der Waals surface area contributed by atoms with Gasteiger partial charge in [-0.15, -0.1) is 0 Å². The quantitative estimate of drug-likeness (QED) is 0.671. The largest absolute Gasteiger partial charge is 0.308 e. The molecule has 1 aliphatic heterocycles. The molecule has 0 amide bonds. The van der Waals surface area contributed by atoms with E-state index in [9.17, 15) is 0 Å². The molecule has 1 aliphatic carbocycles. The van der Waals surface area contributed by atoms with Gasteiger partial charge in [-0.05, 0) is 26.2 Å². The molecule has 82 valence electrons. The Morgan fingerprint density at radius 2 is 1.71 bits per heavy atom. The third kappa shape index (κ3) is 1.96. The van der Waals surface area contributed by atoms with Crippen molar-refractivity contribution in [1.29, 1.82) is 0 Å². The molecule has 0 aromatic rings. The first-order valence-electron chi connectivity index (χ1n) is 6.18. The Kier molecular flexibility index (Phi) is 2.85. The van der Waals surface area contributed by atoms with E-state index in [2.05, 4.69) is 24.5 Å². The zero-order chi connectivity index (χ0) is 10.1. The second kappa shape index (κ2) is 3.82. The highest BCUT2D eigenvalue weighted by molar-refractivity contribution is 5.02. The molecule has 2 rings (SSSR count). The fourth-order valence-electron chi connectivity index (χ4n) is 2.72. The highest BCUT2D eigenvalue weighted by Crippen LogP contribution is 2.30. The van der Waals surface area contributed by atoms with Gasteiger partial charge in [0.1, 0.15) is 0 Å². The van der Waals surface area contributed by atoms with Gasteiger partial charge in [0.25, 0.3) is 0 Å². The van der Waals surface area contributed by atoms with Gasteiger partial charge in [-0.2, -0.15) is 0 Å². The van der Waals surface area contributed by atoms with Gasteiger partial charge >= 0.3 is 0 Å². The second-order valence-electron chi connectivity index (χ2n) is 5.46. The molecule has 14 heavy (non-hydrogen) atoms. The molecule has 1 heterocycles. The zero-order valence-corrected chi connectivity index (χ0v) is 9.66. The van der Waals surface area contributed by atoms with Gasteiger partial charge in [0.2, 0.25) is 0 Å². The van der Waals surface area contributed by atoms with Crippen molar-refractivity contribution < 1.29 is 0 Å². The van der Waals surface area contributed by atoms with Crippen LogP contribution < -0.4 is 10.6 Å². The topological polar surface area (TPSA) is 24.1 Å². The molecule has 2 nitrogen and oxygen atoms in total. The molecule has 0 radical (unpaired) electrons. The molecule has 2 heteroatoms. The van der Waals surface area contributed by atoms with E-state index in [0.29, 0.717) is 11.1 Å². The number of hydrogen-bond donors (Lipinski definition) is 2. The maximum atomic E-state index is 3.81. The van der Waals surface area contributed by atoms with Crippen LogP contribution in [0.5, 0.6) is 0 Å². The Balaban J connectivity index is 1.93. The summed E-state index contributed by atoms with van der Waals surface area (Å²) in [6.45, 7) is 6.92. The van der Waals surface area contributed by atoms with Crippen LogP contribution in [0.2, 0.25) is 0 Å². The standard InChI is InChI=1S/C12H24N2/c1-3-11(2)9-14-12(10-13-11)7-5-4-6-8-12/h13-14H,3-10H2,1-2H3. The number of rotatable bonds is 1. The second-order valence-corrected chi connectivity index (χ2v) is 5.46. The lowest BCUT2D eigenvalue weighted by Gasteiger charge is -2.48. The molecule has 1 atom stereocenters. The molecule has 2 N–H and O–H groups in total. The van der Waals surface area contributed by atoms with Crippen molar-refractivity contribution in [2.75, 3.05) is 13.1 Å². The third-order valence-electron chi connectivity index (χ3n) is 4.30. The maximum absolute atomic E-state index is 3.81. The van der Waals surface area contributed by atoms with Gasteiger partial charge in [-0.25, -0.2) is 0 Å². The van der Waals surface area contributed by atoms with E-state index in [1.165, 1.54) is 45.1 Å². The highest BCUT2D eigenvalue weighted by atomic mass is 15.2. The van der Waals surface area contributed by atoms with Gasteiger partial charge in [-0.1, -0.05) is 26.2 Å². The molecule has 0 bridgehead atoms. The van der Waals surface area contributed by atoms with Crippen molar-refractivity contribution in [2.24, 2.45) is 0 Å². The van der Waals surface area contributed by atoms with Crippen LogP contribution in [0.15, 0.2) is 0 Å². The summed E-state index contributed by atoms with van der Waals surface area (Å²) in [4.78, 5) is 0.